The van der Waals surface area contributed by atoms with Crippen LogP contribution in [-0.4, -0.2) is 15.0 Å². The Balaban J connectivity index is 1.00. The molecule has 284 valence electrons. The zero-order valence-electron chi connectivity index (χ0n) is 32.5. The van der Waals surface area contributed by atoms with Crippen molar-refractivity contribution in [1.29, 1.82) is 0 Å². The summed E-state index contributed by atoms with van der Waals surface area (Å²) in [6.45, 7) is 0. The number of nitrogens with zero attached hydrogens (tertiary/aromatic N) is 3. The normalized spacial score (nSPS) is 11.9. The Kier molecular flexibility index (Phi) is 7.21. The molecule has 0 atom stereocenters. The van der Waals surface area contributed by atoms with Gasteiger partial charge in [0.15, 0.2) is 17.5 Å². The van der Waals surface area contributed by atoms with Gasteiger partial charge in [-0.1, -0.05) is 121 Å². The molecule has 0 aliphatic carbocycles. The van der Waals surface area contributed by atoms with Crippen LogP contribution in [0.4, 0.5) is 0 Å². The summed E-state index contributed by atoms with van der Waals surface area (Å²) in [6, 6.07) is 64.6. The van der Waals surface area contributed by atoms with Crippen LogP contribution in [0, 0.1) is 0 Å². The zero-order chi connectivity index (χ0) is 40.0. The number of aromatic nitrogens is 3. The van der Waals surface area contributed by atoms with Crippen molar-refractivity contribution in [2.45, 2.75) is 0 Å². The second-order valence-electron chi connectivity index (χ2n) is 15.5. The Labute approximate surface area is 348 Å². The Morgan fingerprint density at radius 2 is 0.754 bits per heavy atom. The Bertz CT molecular complexity index is 3900. The fourth-order valence-corrected chi connectivity index (χ4v) is 9.07. The smallest absolute Gasteiger partial charge is 0.164 e. The van der Waals surface area contributed by atoms with Crippen LogP contribution in [0.25, 0.3) is 133 Å². The summed E-state index contributed by atoms with van der Waals surface area (Å²) < 4.78 is 19.1. The van der Waals surface area contributed by atoms with E-state index in [-0.39, 0.29) is 0 Å². The van der Waals surface area contributed by atoms with Gasteiger partial charge >= 0.3 is 0 Å². The molecule has 4 heterocycles. The predicted molar refractivity (Wildman–Crippen MR) is 246 cm³/mol. The monoisotopic (exact) mass is 781 g/mol. The largest absolute Gasteiger partial charge is 0.456 e. The number of furan rings is 3. The maximum absolute atomic E-state index is 6.63. The Morgan fingerprint density at radius 1 is 0.246 bits per heavy atom. The van der Waals surface area contributed by atoms with Crippen LogP contribution < -0.4 is 0 Å². The van der Waals surface area contributed by atoms with Gasteiger partial charge in [-0.15, -0.1) is 0 Å². The van der Waals surface area contributed by atoms with Gasteiger partial charge < -0.3 is 13.3 Å². The quantitative estimate of drug-likeness (QED) is 0.173. The molecule has 61 heavy (non-hydrogen) atoms. The van der Waals surface area contributed by atoms with Crippen molar-refractivity contribution >= 4 is 76.6 Å². The molecule has 0 N–H and O–H groups in total. The summed E-state index contributed by atoms with van der Waals surface area (Å²) in [5.41, 5.74) is 12.0. The highest BCUT2D eigenvalue weighted by Crippen LogP contribution is 2.41. The first-order valence-corrected chi connectivity index (χ1v) is 20.3. The van der Waals surface area contributed by atoms with Gasteiger partial charge in [-0.2, -0.15) is 0 Å². The van der Waals surface area contributed by atoms with Gasteiger partial charge in [0, 0.05) is 49.0 Å². The van der Waals surface area contributed by atoms with E-state index in [2.05, 4.69) is 121 Å². The lowest BCUT2D eigenvalue weighted by Gasteiger charge is -2.13. The molecule has 0 bridgehead atoms. The topological polar surface area (TPSA) is 78.1 Å². The second kappa shape index (κ2) is 13.1. The van der Waals surface area contributed by atoms with E-state index < -0.39 is 0 Å². The number of fused-ring (bicyclic) bond motifs is 10. The molecule has 0 radical (unpaired) electrons. The summed E-state index contributed by atoms with van der Waals surface area (Å²) in [7, 11) is 0. The van der Waals surface area contributed by atoms with Crippen LogP contribution >= 0.6 is 0 Å². The number of para-hydroxylation sites is 2. The lowest BCUT2D eigenvalue weighted by Crippen LogP contribution is -2.01. The maximum atomic E-state index is 6.63. The molecule has 13 aromatic rings. The number of benzene rings is 9. The van der Waals surface area contributed by atoms with Gasteiger partial charge in [0.25, 0.3) is 0 Å². The van der Waals surface area contributed by atoms with E-state index in [4.69, 9.17) is 28.2 Å². The third-order valence-corrected chi connectivity index (χ3v) is 12.0. The molecule has 0 aliphatic rings. The van der Waals surface area contributed by atoms with E-state index in [0.29, 0.717) is 17.5 Å². The highest BCUT2D eigenvalue weighted by atomic mass is 16.3. The van der Waals surface area contributed by atoms with E-state index in [1.54, 1.807) is 0 Å². The average molecular weight is 782 g/mol. The molecular formula is C55H31N3O3. The van der Waals surface area contributed by atoms with Crippen LogP contribution in [-0.2, 0) is 0 Å². The second-order valence-corrected chi connectivity index (χ2v) is 15.5. The fraction of sp³-hybridized carbons (Fsp3) is 0. The summed E-state index contributed by atoms with van der Waals surface area (Å²) >= 11 is 0. The predicted octanol–water partition coefficient (Wildman–Crippen LogP) is 15.1. The van der Waals surface area contributed by atoms with Crippen molar-refractivity contribution < 1.29 is 13.3 Å². The van der Waals surface area contributed by atoms with Crippen LogP contribution in [0.15, 0.2) is 201 Å². The Morgan fingerprint density at radius 3 is 1.52 bits per heavy atom. The van der Waals surface area contributed by atoms with Crippen LogP contribution in [0.2, 0.25) is 0 Å². The standard InChI is InChI=1S/C55H31N3O3/c1-2-11-32(12-3-1)36-26-27-42(38-14-5-4-13-37(36)38)54-56-53(35-23-28-48-45(29-35)40-16-7-9-19-47(40)59-48)57-55(58-54)44-17-10-20-49-52(44)43-25-22-34(31-51(43)61-49)33-21-24-41-39-15-6-8-18-46(39)60-50(41)30-33/h1-31H. The van der Waals surface area contributed by atoms with Crippen molar-refractivity contribution in [1.82, 2.24) is 15.0 Å². The molecule has 4 aromatic heterocycles. The lowest BCUT2D eigenvalue weighted by molar-refractivity contribution is 0.668. The van der Waals surface area contributed by atoms with Crippen molar-refractivity contribution in [3.63, 3.8) is 0 Å². The van der Waals surface area contributed by atoms with Gasteiger partial charge in [0.2, 0.25) is 0 Å². The van der Waals surface area contributed by atoms with Crippen molar-refractivity contribution in [3.8, 4) is 56.4 Å². The fourth-order valence-electron chi connectivity index (χ4n) is 9.07. The molecule has 6 heteroatoms. The molecule has 0 saturated carbocycles. The van der Waals surface area contributed by atoms with Crippen molar-refractivity contribution in [3.05, 3.63) is 188 Å². The molecule has 0 unspecified atom stereocenters. The minimum atomic E-state index is 0.557. The van der Waals surface area contributed by atoms with Gasteiger partial charge in [-0.25, -0.2) is 15.0 Å². The minimum Gasteiger partial charge on any atom is -0.456 e. The number of hydrogen-bond acceptors (Lipinski definition) is 6. The number of hydrogen-bond donors (Lipinski definition) is 0. The van der Waals surface area contributed by atoms with Gasteiger partial charge in [0.1, 0.15) is 33.5 Å². The molecule has 13 rings (SSSR count). The van der Waals surface area contributed by atoms with Crippen molar-refractivity contribution in [2.24, 2.45) is 0 Å². The first-order valence-electron chi connectivity index (χ1n) is 20.3. The molecule has 6 nitrogen and oxygen atoms in total. The lowest BCUT2D eigenvalue weighted by atomic mass is 9.94. The maximum Gasteiger partial charge on any atom is 0.164 e. The van der Waals surface area contributed by atoms with E-state index in [1.807, 2.05) is 66.7 Å². The molecule has 0 spiro atoms. The molecule has 0 fully saturated rings. The highest BCUT2D eigenvalue weighted by Gasteiger charge is 2.21. The SMILES string of the molecule is c1ccc(-c2ccc(-c3nc(-c4ccc5oc6ccccc6c5c4)nc(-c4cccc5oc6cc(-c7ccc8c(c7)oc7ccccc78)ccc6c45)n3)c3ccccc23)cc1. The summed E-state index contributed by atoms with van der Waals surface area (Å²) in [4.78, 5) is 15.8. The third-order valence-electron chi connectivity index (χ3n) is 12.0. The summed E-state index contributed by atoms with van der Waals surface area (Å²) in [5, 5.41) is 8.37. The van der Waals surface area contributed by atoms with E-state index in [9.17, 15) is 0 Å². The molecule has 0 aliphatic heterocycles. The average Bonchev–Trinajstić information content (AvgIpc) is 4.01. The zero-order valence-corrected chi connectivity index (χ0v) is 32.5. The first kappa shape index (κ1) is 33.6. The van der Waals surface area contributed by atoms with Crippen LogP contribution in [0.5, 0.6) is 0 Å². The molecular weight excluding hydrogens is 751 g/mol. The minimum absolute atomic E-state index is 0.557. The summed E-state index contributed by atoms with van der Waals surface area (Å²) in [5.74, 6) is 1.71. The molecule has 9 aromatic carbocycles. The van der Waals surface area contributed by atoms with Gasteiger partial charge in [-0.3, -0.25) is 0 Å². The number of rotatable bonds is 5. The van der Waals surface area contributed by atoms with E-state index in [1.165, 1.54) is 0 Å². The van der Waals surface area contributed by atoms with Gasteiger partial charge in [0.05, 0.1) is 0 Å². The van der Waals surface area contributed by atoms with E-state index >= 15 is 0 Å². The Hall–Kier alpha value is -8.35. The highest BCUT2D eigenvalue weighted by molar-refractivity contribution is 6.13. The van der Waals surface area contributed by atoms with Gasteiger partial charge in [-0.05, 0) is 99.8 Å². The molecule has 0 saturated heterocycles. The van der Waals surface area contributed by atoms with Crippen molar-refractivity contribution in [2.75, 3.05) is 0 Å². The van der Waals surface area contributed by atoms with Crippen LogP contribution in [0.1, 0.15) is 0 Å². The van der Waals surface area contributed by atoms with E-state index in [0.717, 1.165) is 116 Å². The first-order chi connectivity index (χ1) is 30.2. The van der Waals surface area contributed by atoms with Crippen LogP contribution in [0.3, 0.4) is 0 Å². The molecule has 0 amide bonds. The third kappa shape index (κ3) is 5.32. The summed E-state index contributed by atoms with van der Waals surface area (Å²) in [6.07, 6.45) is 0.